The zero-order valence-corrected chi connectivity index (χ0v) is 27.7. The predicted molar refractivity (Wildman–Crippen MR) is 167 cm³/mol. The number of nitrogens with one attached hydrogen (secondary N) is 2. The summed E-state index contributed by atoms with van der Waals surface area (Å²) >= 11 is 0. The second-order valence-corrected chi connectivity index (χ2v) is 15.5. The number of benzene rings is 1. The third-order valence-electron chi connectivity index (χ3n) is 10.3. The zero-order valence-electron chi connectivity index (χ0n) is 26.9. The van der Waals surface area contributed by atoms with Crippen molar-refractivity contribution in [1.29, 1.82) is 0 Å². The monoisotopic (exact) mass is 655 g/mol. The molecule has 3 amide bonds. The molecule has 2 aromatic rings. The number of fused-ring (bicyclic) bond motifs is 5. The Morgan fingerprint density at radius 3 is 2.65 bits per heavy atom. The summed E-state index contributed by atoms with van der Waals surface area (Å²) in [7, 11) is -2.17. The molecule has 4 aliphatic heterocycles. The lowest BCUT2D eigenvalue weighted by Gasteiger charge is -2.50. The van der Waals surface area contributed by atoms with E-state index in [0.29, 0.717) is 25.9 Å². The van der Waals surface area contributed by atoms with E-state index in [-0.39, 0.29) is 17.9 Å². The van der Waals surface area contributed by atoms with Crippen molar-refractivity contribution >= 4 is 44.3 Å². The van der Waals surface area contributed by atoms with E-state index >= 15 is 0 Å². The van der Waals surface area contributed by atoms with Crippen LogP contribution in [-0.4, -0.2) is 102 Å². The third kappa shape index (κ3) is 4.48. The molecule has 1 aromatic carbocycles. The topological polar surface area (TPSA) is 151 Å². The summed E-state index contributed by atoms with van der Waals surface area (Å²) in [5, 5.41) is 4.11. The van der Waals surface area contributed by atoms with Crippen LogP contribution in [0.3, 0.4) is 0 Å². The second-order valence-electron chi connectivity index (χ2n) is 14.0. The van der Waals surface area contributed by atoms with E-state index in [1.165, 1.54) is 10.5 Å². The van der Waals surface area contributed by atoms with Gasteiger partial charge in [0, 0.05) is 42.1 Å². The van der Waals surface area contributed by atoms with Crippen molar-refractivity contribution in [1.82, 2.24) is 25.0 Å². The van der Waals surface area contributed by atoms with Gasteiger partial charge in [0.2, 0.25) is 17.5 Å². The van der Waals surface area contributed by atoms with Crippen LogP contribution in [0.2, 0.25) is 0 Å². The van der Waals surface area contributed by atoms with E-state index in [4.69, 9.17) is 14.0 Å². The van der Waals surface area contributed by atoms with Crippen LogP contribution in [0.1, 0.15) is 51.7 Å². The Morgan fingerprint density at radius 1 is 1.20 bits per heavy atom. The molecule has 2 N–H and O–H groups in total. The molecule has 1 aliphatic carbocycles. The number of carbonyl (C=O) groups is 3. The Bertz CT molecular complexity index is 1770. The molecule has 13 nitrogen and oxygen atoms in total. The average Bonchev–Trinajstić information content (AvgIpc) is 3.71. The molecule has 5 heterocycles. The quantitative estimate of drug-likeness (QED) is 0.337. The van der Waals surface area contributed by atoms with E-state index in [2.05, 4.69) is 21.3 Å². The van der Waals surface area contributed by atoms with Gasteiger partial charge >= 0.3 is 5.91 Å². The molecule has 0 unspecified atom stereocenters. The predicted octanol–water partition coefficient (Wildman–Crippen LogP) is 1.96. The summed E-state index contributed by atoms with van der Waals surface area (Å²) in [6.07, 6.45) is 6.64. The van der Waals surface area contributed by atoms with Gasteiger partial charge in [-0.2, -0.15) is 13.3 Å². The van der Waals surface area contributed by atoms with Gasteiger partial charge < -0.3 is 15.2 Å². The number of likely N-dealkylation sites (N-methyl/N-ethyl adjacent to an activating group) is 1. The first-order valence-corrected chi connectivity index (χ1v) is 17.7. The van der Waals surface area contributed by atoms with Gasteiger partial charge in [-0.1, -0.05) is 45.9 Å². The number of amides is 3. The lowest BCUT2D eigenvalue weighted by molar-refractivity contribution is -0.442. The van der Waals surface area contributed by atoms with Crippen molar-refractivity contribution in [2.45, 2.75) is 76.7 Å². The van der Waals surface area contributed by atoms with Crippen LogP contribution < -0.4 is 5.32 Å². The maximum Gasteiger partial charge on any atom is 0.309 e. The molecule has 248 valence electrons. The fourth-order valence-electron chi connectivity index (χ4n) is 8.17. The number of carbonyl (C=O) groups excluding carboxylic acids is 3. The molecule has 0 radical (unpaired) electrons. The highest BCUT2D eigenvalue weighted by Crippen LogP contribution is 2.51. The second kappa shape index (κ2) is 10.6. The summed E-state index contributed by atoms with van der Waals surface area (Å²) in [4.78, 5) is 56.8. The van der Waals surface area contributed by atoms with Crippen LogP contribution in [0.4, 0.5) is 0 Å². The van der Waals surface area contributed by atoms with E-state index in [9.17, 15) is 22.8 Å². The number of ether oxygens (including phenoxy) is 1. The first kappa shape index (κ1) is 31.3. The third-order valence-corrected chi connectivity index (χ3v) is 10.6. The summed E-state index contributed by atoms with van der Waals surface area (Å²) in [5.74, 6) is -5.15. The molecule has 46 heavy (non-hydrogen) atoms. The summed E-state index contributed by atoms with van der Waals surface area (Å²) < 4.78 is 35.9. The number of hydrogen-bond donors (Lipinski definition) is 2. The van der Waals surface area contributed by atoms with Crippen LogP contribution in [0, 0.1) is 17.8 Å². The van der Waals surface area contributed by atoms with Crippen LogP contribution in [0.15, 0.2) is 30.5 Å². The van der Waals surface area contributed by atoms with Crippen LogP contribution in [0.5, 0.6) is 0 Å². The van der Waals surface area contributed by atoms with Gasteiger partial charge in [-0.15, -0.1) is 4.33 Å². The number of aromatic amines is 1. The maximum atomic E-state index is 14.7. The number of hydrogen-bond acceptors (Lipinski definition) is 9. The molecular formula is C32H41N5O8S. The molecule has 0 spiro atoms. The van der Waals surface area contributed by atoms with Gasteiger partial charge in [0.05, 0.1) is 12.2 Å². The average molecular weight is 656 g/mol. The minimum Gasteiger partial charge on any atom is -0.361 e. The van der Waals surface area contributed by atoms with Crippen molar-refractivity contribution < 1.29 is 36.8 Å². The highest BCUT2D eigenvalue weighted by atomic mass is 32.2. The molecule has 3 saturated heterocycles. The van der Waals surface area contributed by atoms with Crippen molar-refractivity contribution in [3.05, 3.63) is 41.6 Å². The van der Waals surface area contributed by atoms with Gasteiger partial charge in [0.1, 0.15) is 12.1 Å². The Kier molecular flexibility index (Phi) is 7.22. The minimum absolute atomic E-state index is 0.0892. The molecule has 1 aromatic heterocycles. The first-order chi connectivity index (χ1) is 21.7. The lowest BCUT2D eigenvalue weighted by Crippen LogP contribution is -2.73. The Morgan fingerprint density at radius 2 is 1.96 bits per heavy atom. The van der Waals surface area contributed by atoms with E-state index < -0.39 is 57.5 Å². The SMILES string of the molecule is CC(C)[C@@H]1C(=O)N2CCC[C@H]2[C@@]2(OOS(C)(=O)=O)O[C@](NC(=O)[C@@H]3C=C4c5cccc6[nH]cc(c56)C[C@@H]4N(C)C3)(C(C)C)C(=O)N12. The fourth-order valence-corrected chi connectivity index (χ4v) is 8.39. The van der Waals surface area contributed by atoms with E-state index in [1.54, 1.807) is 32.6 Å². The number of aromatic nitrogens is 1. The molecule has 7 rings (SSSR count). The summed E-state index contributed by atoms with van der Waals surface area (Å²) in [6.45, 7) is 7.85. The zero-order chi connectivity index (χ0) is 32.9. The van der Waals surface area contributed by atoms with Crippen LogP contribution >= 0.6 is 0 Å². The van der Waals surface area contributed by atoms with Gasteiger partial charge in [0.25, 0.3) is 16.0 Å². The van der Waals surface area contributed by atoms with Gasteiger partial charge in [-0.3, -0.25) is 28.9 Å². The summed E-state index contributed by atoms with van der Waals surface area (Å²) in [5.41, 5.74) is 2.42. The van der Waals surface area contributed by atoms with Crippen molar-refractivity contribution in [3.8, 4) is 0 Å². The Balaban J connectivity index is 1.29. The van der Waals surface area contributed by atoms with Gasteiger partial charge in [0.15, 0.2) is 0 Å². The van der Waals surface area contributed by atoms with E-state index in [0.717, 1.165) is 34.7 Å². The fraction of sp³-hybridized carbons (Fsp3) is 0.594. The normalized spacial score (nSPS) is 32.7. The van der Waals surface area contributed by atoms with Crippen molar-refractivity contribution in [2.75, 3.05) is 26.4 Å². The molecule has 6 atom stereocenters. The largest absolute Gasteiger partial charge is 0.361 e. The number of piperazine rings is 1. The summed E-state index contributed by atoms with van der Waals surface area (Å²) in [6, 6.07) is 4.31. The number of H-pyrrole nitrogens is 1. The van der Waals surface area contributed by atoms with Crippen molar-refractivity contribution in [2.24, 2.45) is 17.8 Å². The smallest absolute Gasteiger partial charge is 0.309 e. The van der Waals surface area contributed by atoms with Gasteiger partial charge in [-0.25, -0.2) is 0 Å². The molecule has 14 heteroatoms. The molecule has 3 fully saturated rings. The lowest BCUT2D eigenvalue weighted by atomic mass is 9.79. The molecular weight excluding hydrogens is 614 g/mol. The standard InChI is InChI=1S/C32H41N5O8S/c1-17(2)27-29(39)36-12-8-11-25(36)32(44-45-46(6,41)42)37(27)30(40)31(43-32,18(3)4)34-28(38)20-13-22-21-9-7-10-23-26(21)19(15-33-23)14-24(22)35(5)16-20/h7,9-10,13,15,17-18,20,24-25,27,33H,8,11-12,14,16H2,1-6H3,(H,34,38)/t20-,24+,25+,27-,31-,32+/m1/s1. The van der Waals surface area contributed by atoms with Crippen LogP contribution in [0.25, 0.3) is 16.5 Å². The number of rotatable bonds is 7. The van der Waals surface area contributed by atoms with E-state index in [1.807, 2.05) is 31.5 Å². The minimum atomic E-state index is -4.16. The number of nitrogens with zero attached hydrogens (tertiary/aromatic N) is 3. The highest BCUT2D eigenvalue weighted by molar-refractivity contribution is 7.85. The van der Waals surface area contributed by atoms with Gasteiger partial charge in [-0.05, 0) is 55.0 Å². The molecule has 5 aliphatic rings. The van der Waals surface area contributed by atoms with Crippen molar-refractivity contribution in [3.63, 3.8) is 0 Å². The Hall–Kier alpha value is -3.30. The molecule has 0 saturated carbocycles. The maximum absolute atomic E-state index is 14.7. The van der Waals surface area contributed by atoms with Crippen LogP contribution in [-0.2, 0) is 44.9 Å². The Labute approximate surface area is 268 Å². The molecule has 0 bridgehead atoms. The first-order valence-electron chi connectivity index (χ1n) is 15.9. The highest BCUT2D eigenvalue weighted by Gasteiger charge is 2.74.